The Bertz CT molecular complexity index is 728. The standard InChI is InChI=1S/C18H26N6O2/c1-19-8-14-10-24(22-21-14)11-15-7-13-4-5-23(15)12-17(13)18(25)20-9-16-3-2-6-26-16/h2-3,6,10,13,15,17,19H,4-5,7-9,11-12H2,1H3,(H,20,25)/t13-,15+,17-/m0/s1. The van der Waals surface area contributed by atoms with Gasteiger partial charge in [0.05, 0.1) is 31.0 Å². The van der Waals surface area contributed by atoms with E-state index in [-0.39, 0.29) is 11.8 Å². The number of hydrogen-bond acceptors (Lipinski definition) is 6. The fraction of sp³-hybridized carbons (Fsp3) is 0.611. The van der Waals surface area contributed by atoms with Crippen molar-refractivity contribution < 1.29 is 9.21 Å². The van der Waals surface area contributed by atoms with E-state index >= 15 is 0 Å². The van der Waals surface area contributed by atoms with Gasteiger partial charge in [0.1, 0.15) is 5.76 Å². The molecule has 26 heavy (non-hydrogen) atoms. The molecule has 2 bridgehead atoms. The molecule has 5 rings (SSSR count). The molecular formula is C18H26N6O2. The van der Waals surface area contributed by atoms with Crippen LogP contribution in [0.1, 0.15) is 24.3 Å². The van der Waals surface area contributed by atoms with Gasteiger partial charge in [-0.1, -0.05) is 5.21 Å². The van der Waals surface area contributed by atoms with E-state index in [1.165, 1.54) is 0 Å². The van der Waals surface area contributed by atoms with E-state index in [9.17, 15) is 4.79 Å². The van der Waals surface area contributed by atoms with Crippen LogP contribution < -0.4 is 10.6 Å². The topological polar surface area (TPSA) is 88.2 Å². The van der Waals surface area contributed by atoms with Crippen LogP contribution in [-0.2, 0) is 24.4 Å². The monoisotopic (exact) mass is 358 g/mol. The molecule has 0 radical (unpaired) electrons. The first-order valence-electron chi connectivity index (χ1n) is 9.30. The average Bonchev–Trinajstić information content (AvgIpc) is 3.33. The Morgan fingerprint density at radius 3 is 3.08 bits per heavy atom. The summed E-state index contributed by atoms with van der Waals surface area (Å²) in [5.74, 6) is 1.46. The number of nitrogens with one attached hydrogen (secondary N) is 2. The summed E-state index contributed by atoms with van der Waals surface area (Å²) < 4.78 is 7.23. The van der Waals surface area contributed by atoms with Crippen LogP contribution in [-0.4, -0.2) is 52.0 Å². The zero-order chi connectivity index (χ0) is 17.9. The summed E-state index contributed by atoms with van der Waals surface area (Å²) in [5.41, 5.74) is 0.957. The van der Waals surface area contributed by atoms with E-state index in [1.54, 1.807) is 6.26 Å². The molecule has 2 aromatic rings. The zero-order valence-electron chi connectivity index (χ0n) is 15.1. The predicted octanol–water partition coefficient (Wildman–Crippen LogP) is 0.617. The van der Waals surface area contributed by atoms with Crippen molar-refractivity contribution in [1.82, 2.24) is 30.5 Å². The van der Waals surface area contributed by atoms with Crippen LogP contribution in [0.25, 0.3) is 0 Å². The van der Waals surface area contributed by atoms with Crippen molar-refractivity contribution >= 4 is 5.91 Å². The van der Waals surface area contributed by atoms with Gasteiger partial charge >= 0.3 is 0 Å². The molecule has 0 spiro atoms. The van der Waals surface area contributed by atoms with Crippen molar-refractivity contribution in [3.8, 4) is 0 Å². The van der Waals surface area contributed by atoms with Gasteiger partial charge in [-0.15, -0.1) is 5.10 Å². The minimum atomic E-state index is 0.0746. The predicted molar refractivity (Wildman–Crippen MR) is 94.9 cm³/mol. The summed E-state index contributed by atoms with van der Waals surface area (Å²) in [5, 5.41) is 14.5. The highest BCUT2D eigenvalue weighted by atomic mass is 16.3. The highest BCUT2D eigenvalue weighted by Gasteiger charge is 2.43. The maximum atomic E-state index is 12.6. The number of amides is 1. The molecule has 3 saturated heterocycles. The Morgan fingerprint density at radius 2 is 2.35 bits per heavy atom. The third-order valence-electron chi connectivity index (χ3n) is 5.57. The van der Waals surface area contributed by atoms with Crippen molar-refractivity contribution in [2.24, 2.45) is 11.8 Å². The second-order valence-corrected chi connectivity index (χ2v) is 7.30. The van der Waals surface area contributed by atoms with Crippen LogP contribution in [0.2, 0.25) is 0 Å². The van der Waals surface area contributed by atoms with Gasteiger partial charge in [-0.05, 0) is 44.5 Å². The molecule has 1 unspecified atom stereocenters. The molecule has 0 aromatic carbocycles. The Hall–Kier alpha value is -2.19. The van der Waals surface area contributed by atoms with Crippen molar-refractivity contribution in [3.05, 3.63) is 36.0 Å². The second-order valence-electron chi connectivity index (χ2n) is 7.30. The number of nitrogens with zero attached hydrogens (tertiary/aromatic N) is 4. The van der Waals surface area contributed by atoms with E-state index in [0.717, 1.165) is 50.5 Å². The molecule has 1 amide bonds. The average molecular weight is 358 g/mol. The normalized spacial score (nSPS) is 27.6. The molecule has 2 aromatic heterocycles. The van der Waals surface area contributed by atoms with Crippen LogP contribution in [0, 0.1) is 11.8 Å². The lowest BCUT2D eigenvalue weighted by Crippen LogP contribution is -2.57. The van der Waals surface area contributed by atoms with Crippen molar-refractivity contribution in [1.29, 1.82) is 0 Å². The molecule has 2 N–H and O–H groups in total. The summed E-state index contributed by atoms with van der Waals surface area (Å²) in [7, 11) is 1.90. The Labute approximate surface area is 152 Å². The number of rotatable bonds is 7. The number of carbonyl (C=O) groups is 1. The Kier molecular flexibility index (Phi) is 5.03. The number of fused-ring (bicyclic) bond motifs is 3. The first-order chi connectivity index (χ1) is 12.7. The summed E-state index contributed by atoms with van der Waals surface area (Å²) in [6.45, 7) is 3.93. The molecule has 0 aliphatic carbocycles. The van der Waals surface area contributed by atoms with Crippen molar-refractivity contribution in [3.63, 3.8) is 0 Å². The van der Waals surface area contributed by atoms with Gasteiger partial charge in [-0.2, -0.15) is 0 Å². The maximum absolute atomic E-state index is 12.6. The van der Waals surface area contributed by atoms with Gasteiger partial charge < -0.3 is 15.1 Å². The second kappa shape index (κ2) is 7.59. The first kappa shape index (κ1) is 17.2. The van der Waals surface area contributed by atoms with Crippen molar-refractivity contribution in [2.45, 2.75) is 38.5 Å². The smallest absolute Gasteiger partial charge is 0.225 e. The molecule has 140 valence electrons. The van der Waals surface area contributed by atoms with Crippen molar-refractivity contribution in [2.75, 3.05) is 20.1 Å². The molecule has 0 saturated carbocycles. The summed E-state index contributed by atoms with van der Waals surface area (Å²) in [4.78, 5) is 15.1. The zero-order valence-corrected chi connectivity index (χ0v) is 15.1. The maximum Gasteiger partial charge on any atom is 0.225 e. The molecule has 4 atom stereocenters. The highest BCUT2D eigenvalue weighted by molar-refractivity contribution is 5.79. The first-order valence-corrected chi connectivity index (χ1v) is 9.30. The number of aromatic nitrogens is 3. The number of carbonyl (C=O) groups excluding carboxylic acids is 1. The van der Waals surface area contributed by atoms with E-state index in [0.29, 0.717) is 18.5 Å². The molecule has 3 aliphatic rings. The van der Waals surface area contributed by atoms with Gasteiger partial charge in [-0.25, -0.2) is 0 Å². The highest BCUT2D eigenvalue weighted by Crippen LogP contribution is 2.36. The largest absolute Gasteiger partial charge is 0.467 e. The summed E-state index contributed by atoms with van der Waals surface area (Å²) in [6.07, 6.45) is 5.78. The fourth-order valence-corrected chi connectivity index (χ4v) is 4.25. The lowest BCUT2D eigenvalue weighted by Gasteiger charge is -2.49. The van der Waals surface area contributed by atoms with Gasteiger partial charge in [0.25, 0.3) is 0 Å². The molecule has 3 fully saturated rings. The van der Waals surface area contributed by atoms with Gasteiger partial charge in [-0.3, -0.25) is 14.4 Å². The SMILES string of the molecule is CNCc1cn(C[C@H]2C[C@@H]3CCN2C[C@@H]3C(=O)NCc2ccco2)nn1. The third kappa shape index (κ3) is 3.66. The fourth-order valence-electron chi connectivity index (χ4n) is 4.25. The van der Waals surface area contributed by atoms with Gasteiger partial charge in [0.15, 0.2) is 0 Å². The molecule has 8 nitrogen and oxygen atoms in total. The van der Waals surface area contributed by atoms with E-state index < -0.39 is 0 Å². The van der Waals surface area contributed by atoms with E-state index in [1.807, 2.05) is 30.1 Å². The number of piperidine rings is 3. The quantitative estimate of drug-likeness (QED) is 0.754. The lowest BCUT2D eigenvalue weighted by atomic mass is 9.75. The van der Waals surface area contributed by atoms with Gasteiger partial charge in [0, 0.05) is 25.3 Å². The molecular weight excluding hydrogens is 332 g/mol. The van der Waals surface area contributed by atoms with Crippen LogP contribution in [0.5, 0.6) is 0 Å². The number of furan rings is 1. The van der Waals surface area contributed by atoms with Crippen LogP contribution in [0.15, 0.2) is 29.0 Å². The Morgan fingerprint density at radius 1 is 1.42 bits per heavy atom. The van der Waals surface area contributed by atoms with Crippen LogP contribution in [0.3, 0.4) is 0 Å². The molecule has 5 heterocycles. The molecule has 3 aliphatic heterocycles. The van der Waals surface area contributed by atoms with E-state index in [2.05, 4.69) is 25.8 Å². The third-order valence-corrected chi connectivity index (χ3v) is 5.57. The summed E-state index contributed by atoms with van der Waals surface area (Å²) >= 11 is 0. The Balaban J connectivity index is 1.32. The van der Waals surface area contributed by atoms with Crippen LogP contribution in [0.4, 0.5) is 0 Å². The summed E-state index contributed by atoms with van der Waals surface area (Å²) in [6, 6.07) is 4.16. The van der Waals surface area contributed by atoms with Crippen LogP contribution >= 0.6 is 0 Å². The van der Waals surface area contributed by atoms with Gasteiger partial charge in [0.2, 0.25) is 5.91 Å². The lowest BCUT2D eigenvalue weighted by molar-refractivity contribution is -0.133. The molecule has 8 heteroatoms. The van der Waals surface area contributed by atoms with E-state index in [4.69, 9.17) is 4.42 Å². The minimum absolute atomic E-state index is 0.0746. The minimum Gasteiger partial charge on any atom is -0.467 e. The number of hydrogen-bond donors (Lipinski definition) is 2.